The van der Waals surface area contributed by atoms with Gasteiger partial charge in [-0.2, -0.15) is 4.39 Å². The van der Waals surface area contributed by atoms with Crippen molar-refractivity contribution in [2.75, 3.05) is 0 Å². The van der Waals surface area contributed by atoms with Gasteiger partial charge in [0.25, 0.3) is 3.49 Å². The molecule has 0 saturated carbocycles. The summed E-state index contributed by atoms with van der Waals surface area (Å²) >= 11 is 19.9. The van der Waals surface area contributed by atoms with E-state index in [9.17, 15) is 18.4 Å². The Balaban J connectivity index is 0.000000260. The highest BCUT2D eigenvalue weighted by atomic mass is 79.9. The first kappa shape index (κ1) is 24.4. The Bertz CT molecular complexity index is 792. The molecule has 0 amide bonds. The number of rotatable bonds is 4. The molecule has 0 aromatic heterocycles. The second-order valence-electron chi connectivity index (χ2n) is 4.69. The lowest BCUT2D eigenvalue weighted by Crippen LogP contribution is -2.18. The lowest BCUT2D eigenvalue weighted by molar-refractivity contribution is -0.129. The number of carbonyl (C=O) groups excluding carboxylic acids is 2. The van der Waals surface area contributed by atoms with Crippen molar-refractivity contribution in [2.24, 2.45) is 0 Å². The third-order valence-electron chi connectivity index (χ3n) is 2.80. The summed E-state index contributed by atoms with van der Waals surface area (Å²) in [5.41, 5.74) is 0.729. The number of carbonyl (C=O) groups is 2. The van der Waals surface area contributed by atoms with Crippen LogP contribution in [0.1, 0.15) is 15.9 Å². The van der Waals surface area contributed by atoms with Crippen molar-refractivity contribution >= 4 is 103 Å². The molecular formula is C16H8Br5ClF2O2. The normalized spacial score (nSPS) is 11.4. The minimum atomic E-state index is -2.22. The largest absolute Gasteiger partial charge is 0.333 e. The van der Waals surface area contributed by atoms with E-state index in [2.05, 4.69) is 79.6 Å². The van der Waals surface area contributed by atoms with Crippen LogP contribution in [-0.2, 0) is 8.03 Å². The van der Waals surface area contributed by atoms with Crippen LogP contribution in [0.15, 0.2) is 53.0 Å². The number of ketones is 1. The number of halogens is 8. The van der Waals surface area contributed by atoms with E-state index < -0.39 is 18.5 Å². The molecule has 10 heteroatoms. The van der Waals surface area contributed by atoms with Gasteiger partial charge < -0.3 is 0 Å². The summed E-state index contributed by atoms with van der Waals surface area (Å²) in [6.45, 7) is 0. The second kappa shape index (κ2) is 10.2. The van der Waals surface area contributed by atoms with Crippen molar-refractivity contribution in [3.8, 4) is 0 Å². The van der Waals surface area contributed by atoms with Crippen LogP contribution in [0.2, 0.25) is 5.02 Å². The molecule has 0 aliphatic rings. The minimum Gasteiger partial charge on any atom is -0.288 e. The molecule has 0 spiro atoms. The first-order valence-corrected chi connectivity index (χ1v) is 10.9. The van der Waals surface area contributed by atoms with Crippen LogP contribution in [0.4, 0.5) is 8.78 Å². The third-order valence-corrected chi connectivity index (χ3v) is 5.82. The zero-order valence-electron chi connectivity index (χ0n) is 12.5. The lowest BCUT2D eigenvalue weighted by atomic mass is 10.1. The SMILES string of the molecule is O=C(F)C(Br)(Br)c1ccc(Br)cc1.O=C(c1cccc(Cl)c1)C(F)(Br)Br. The molecular weight excluding hydrogens is 697 g/mol. The Morgan fingerprint density at radius 2 is 1.50 bits per heavy atom. The van der Waals surface area contributed by atoms with E-state index in [0.717, 1.165) is 4.47 Å². The molecule has 2 rings (SSSR count). The van der Waals surface area contributed by atoms with Gasteiger partial charge in [0.2, 0.25) is 5.78 Å². The number of hydrogen-bond acceptors (Lipinski definition) is 2. The first-order valence-electron chi connectivity index (χ1n) is 6.56. The fourth-order valence-corrected chi connectivity index (χ4v) is 3.01. The van der Waals surface area contributed by atoms with E-state index in [-0.39, 0.29) is 5.56 Å². The maximum atomic E-state index is 13.0. The molecule has 0 atom stereocenters. The molecule has 0 aliphatic carbocycles. The summed E-state index contributed by atoms with van der Waals surface area (Å²) in [5, 5.41) is 0.398. The fourth-order valence-electron chi connectivity index (χ4n) is 1.57. The summed E-state index contributed by atoms with van der Waals surface area (Å²) < 4.78 is 22.8. The quantitative estimate of drug-likeness (QED) is 0.185. The van der Waals surface area contributed by atoms with Crippen LogP contribution in [0.5, 0.6) is 0 Å². The molecule has 0 saturated heterocycles. The average molecular weight is 705 g/mol. The van der Waals surface area contributed by atoms with E-state index in [1.165, 1.54) is 12.1 Å². The highest BCUT2D eigenvalue weighted by Gasteiger charge is 2.34. The van der Waals surface area contributed by atoms with Gasteiger partial charge >= 0.3 is 6.04 Å². The van der Waals surface area contributed by atoms with Gasteiger partial charge in [-0.1, -0.05) is 83.7 Å². The van der Waals surface area contributed by atoms with Gasteiger partial charge in [-0.05, 0) is 61.7 Å². The van der Waals surface area contributed by atoms with Crippen LogP contribution in [0.3, 0.4) is 0 Å². The van der Waals surface area contributed by atoms with E-state index >= 15 is 0 Å². The third kappa shape index (κ3) is 7.39. The zero-order chi connectivity index (χ0) is 20.1. The molecule has 0 unspecified atom stereocenters. The van der Waals surface area contributed by atoms with Gasteiger partial charge in [0.05, 0.1) is 0 Å². The van der Waals surface area contributed by atoms with Crippen molar-refractivity contribution in [2.45, 2.75) is 6.72 Å². The van der Waals surface area contributed by atoms with Crippen molar-refractivity contribution < 1.29 is 18.4 Å². The van der Waals surface area contributed by atoms with Gasteiger partial charge in [-0.25, -0.2) is 4.39 Å². The van der Waals surface area contributed by atoms with Crippen LogP contribution >= 0.6 is 91.3 Å². The van der Waals surface area contributed by atoms with E-state index in [1.54, 1.807) is 36.4 Å². The summed E-state index contributed by atoms with van der Waals surface area (Å²) in [6, 6.07) is 11.4. The molecule has 26 heavy (non-hydrogen) atoms. The number of hydrogen-bond donors (Lipinski definition) is 0. The number of benzene rings is 2. The highest BCUT2D eigenvalue weighted by molar-refractivity contribution is 9.25. The smallest absolute Gasteiger partial charge is 0.288 e. The standard InChI is InChI=1S/C8H4Br3FO.C8H4Br2ClFO/c9-6-3-1-5(2-4-6)8(10,11)7(12)13;9-8(10,12)7(13)5-2-1-3-6(11)4-5/h2*1-4H. The molecule has 0 radical (unpaired) electrons. The van der Waals surface area contributed by atoms with Gasteiger partial charge in [0.1, 0.15) is 0 Å². The van der Waals surface area contributed by atoms with Gasteiger partial charge in [-0.15, -0.1) is 0 Å². The van der Waals surface area contributed by atoms with E-state index in [4.69, 9.17) is 11.6 Å². The Morgan fingerprint density at radius 3 is 1.92 bits per heavy atom. The van der Waals surface area contributed by atoms with Crippen molar-refractivity contribution in [1.82, 2.24) is 0 Å². The van der Waals surface area contributed by atoms with Crippen LogP contribution in [-0.4, -0.2) is 15.3 Å². The van der Waals surface area contributed by atoms with E-state index in [1.807, 2.05) is 0 Å². The molecule has 2 aromatic carbocycles. The molecule has 140 valence electrons. The fraction of sp³-hybridized carbons (Fsp3) is 0.125. The average Bonchev–Trinajstić information content (AvgIpc) is 2.54. The monoisotopic (exact) mass is 700 g/mol. The Morgan fingerprint density at radius 1 is 0.962 bits per heavy atom. The van der Waals surface area contributed by atoms with Crippen LogP contribution in [0, 0.1) is 0 Å². The summed E-state index contributed by atoms with van der Waals surface area (Å²) in [6.07, 6.45) is 0. The number of Topliss-reactive ketones (excluding diaryl/α,β-unsaturated/α-hetero) is 1. The van der Waals surface area contributed by atoms with Crippen LogP contribution in [0.25, 0.3) is 0 Å². The molecule has 0 heterocycles. The first-order chi connectivity index (χ1) is 11.9. The zero-order valence-corrected chi connectivity index (χ0v) is 21.1. The molecule has 2 nitrogen and oxygen atoms in total. The Hall–Kier alpha value is 0.330. The van der Waals surface area contributed by atoms with Crippen molar-refractivity contribution in [3.05, 3.63) is 69.2 Å². The van der Waals surface area contributed by atoms with Gasteiger partial charge in [0, 0.05) is 15.1 Å². The maximum absolute atomic E-state index is 13.0. The number of alkyl halides is 5. The highest BCUT2D eigenvalue weighted by Crippen LogP contribution is 2.39. The molecule has 0 aliphatic heterocycles. The Labute approximate surface area is 195 Å². The minimum absolute atomic E-state index is 0.212. The van der Waals surface area contributed by atoms with Gasteiger partial charge in [-0.3, -0.25) is 9.59 Å². The summed E-state index contributed by atoms with van der Waals surface area (Å²) in [4.78, 5) is 21.9. The van der Waals surface area contributed by atoms with Gasteiger partial charge in [0.15, 0.2) is 3.23 Å². The summed E-state index contributed by atoms with van der Waals surface area (Å²) in [5.74, 6) is -0.713. The topological polar surface area (TPSA) is 34.1 Å². The predicted molar refractivity (Wildman–Crippen MR) is 117 cm³/mol. The second-order valence-corrected chi connectivity index (χ2v) is 12.7. The van der Waals surface area contributed by atoms with Crippen molar-refractivity contribution in [3.63, 3.8) is 0 Å². The molecule has 0 N–H and O–H groups in total. The molecule has 0 bridgehead atoms. The van der Waals surface area contributed by atoms with Crippen molar-refractivity contribution in [1.29, 1.82) is 0 Å². The maximum Gasteiger partial charge on any atom is 0.333 e. The summed E-state index contributed by atoms with van der Waals surface area (Å²) in [7, 11) is 0. The van der Waals surface area contributed by atoms with Crippen LogP contribution < -0.4 is 0 Å². The predicted octanol–water partition coefficient (Wildman–Crippen LogP) is 7.82. The molecule has 2 aromatic rings. The van der Waals surface area contributed by atoms with E-state index in [0.29, 0.717) is 10.6 Å². The lowest BCUT2D eigenvalue weighted by Gasteiger charge is -2.14. The Kier molecular flexibility index (Phi) is 9.57. The molecule has 0 fully saturated rings.